The maximum atomic E-state index is 13.7. The first-order chi connectivity index (χ1) is 19.0. The van der Waals surface area contributed by atoms with Crippen LogP contribution in [0.2, 0.25) is 0 Å². The summed E-state index contributed by atoms with van der Waals surface area (Å²) in [5.74, 6) is -0.119. The molecule has 9 heteroatoms. The number of Topliss-reactive ketones (excluding diaryl/α,β-unsaturated/α-hetero) is 1. The van der Waals surface area contributed by atoms with E-state index >= 15 is 0 Å². The third kappa shape index (κ3) is 4.96. The number of piperazine rings is 1. The second-order valence-electron chi connectivity index (χ2n) is 10.9. The van der Waals surface area contributed by atoms with Crippen molar-refractivity contribution < 1.29 is 9.59 Å². The molecule has 2 aliphatic carbocycles. The largest absolute Gasteiger partial charge is 0.369 e. The van der Waals surface area contributed by atoms with Crippen LogP contribution in [0.3, 0.4) is 0 Å². The Labute approximate surface area is 229 Å². The first-order valence-corrected chi connectivity index (χ1v) is 14.2. The molecule has 1 unspecified atom stereocenters. The van der Waals surface area contributed by atoms with E-state index in [9.17, 15) is 9.59 Å². The molecule has 1 atom stereocenters. The number of fused-ring (bicyclic) bond motifs is 3. The van der Waals surface area contributed by atoms with E-state index < -0.39 is 6.04 Å². The molecule has 39 heavy (non-hydrogen) atoms. The van der Waals surface area contributed by atoms with Gasteiger partial charge in [0.25, 0.3) is 0 Å². The lowest BCUT2D eigenvalue weighted by atomic mass is 9.95. The summed E-state index contributed by atoms with van der Waals surface area (Å²) >= 11 is 0. The smallest absolute Gasteiger partial charge is 0.333 e. The summed E-state index contributed by atoms with van der Waals surface area (Å²) in [7, 11) is 1.91. The molecule has 204 valence electrons. The van der Waals surface area contributed by atoms with Gasteiger partial charge in [-0.3, -0.25) is 10.2 Å². The zero-order valence-corrected chi connectivity index (χ0v) is 22.8. The van der Waals surface area contributed by atoms with Crippen LogP contribution in [-0.4, -0.2) is 67.5 Å². The molecule has 1 saturated heterocycles. The van der Waals surface area contributed by atoms with Gasteiger partial charge in [0.2, 0.25) is 0 Å². The van der Waals surface area contributed by atoms with Crippen molar-refractivity contribution in [3.05, 3.63) is 64.7 Å². The number of hydrazine groups is 1. The number of rotatable bonds is 6. The predicted octanol–water partition coefficient (Wildman–Crippen LogP) is 5.24. The van der Waals surface area contributed by atoms with Gasteiger partial charge in [0.05, 0.1) is 16.8 Å². The average molecular weight is 528 g/mol. The number of ketones is 1. The van der Waals surface area contributed by atoms with Crippen molar-refractivity contribution in [3.8, 4) is 0 Å². The maximum Gasteiger partial charge on any atom is 0.333 e. The summed E-state index contributed by atoms with van der Waals surface area (Å²) < 4.78 is 0. The van der Waals surface area contributed by atoms with Gasteiger partial charge in [-0.15, -0.1) is 0 Å². The maximum absolute atomic E-state index is 13.7. The van der Waals surface area contributed by atoms with Gasteiger partial charge in [-0.2, -0.15) is 10.2 Å². The van der Waals surface area contributed by atoms with Crippen molar-refractivity contribution in [1.82, 2.24) is 15.3 Å². The number of nitrogens with zero attached hydrogens (tertiary/aromatic N) is 5. The quantitative estimate of drug-likeness (QED) is 0.501. The zero-order valence-electron chi connectivity index (χ0n) is 22.8. The summed E-state index contributed by atoms with van der Waals surface area (Å²) in [5.41, 5.74) is 8.02. The highest BCUT2D eigenvalue weighted by atomic mass is 16.2. The number of nitrogens with one attached hydrogen (secondary N) is 2. The van der Waals surface area contributed by atoms with E-state index in [1.54, 1.807) is 6.07 Å². The summed E-state index contributed by atoms with van der Waals surface area (Å²) in [6, 6.07) is 13.4. The van der Waals surface area contributed by atoms with Gasteiger partial charge in [0.1, 0.15) is 11.7 Å². The number of carbonyl (C=O) groups excluding carboxylic acids is 2. The average Bonchev–Trinajstić information content (AvgIpc) is 3.53. The van der Waals surface area contributed by atoms with Crippen LogP contribution in [0.5, 0.6) is 0 Å². The minimum atomic E-state index is -0.431. The molecule has 2 aromatic carbocycles. The lowest BCUT2D eigenvalue weighted by Crippen LogP contribution is -2.48. The Morgan fingerprint density at radius 1 is 1.03 bits per heavy atom. The van der Waals surface area contributed by atoms with Crippen molar-refractivity contribution in [3.63, 3.8) is 0 Å². The molecule has 0 aromatic heterocycles. The molecule has 6 rings (SSSR count). The number of likely N-dealkylation sites (N-methyl/N-ethyl adjacent to an activating group) is 1. The Morgan fingerprint density at radius 3 is 2.49 bits per heavy atom. The topological polar surface area (TPSA) is 92.6 Å². The van der Waals surface area contributed by atoms with Crippen molar-refractivity contribution in [2.75, 3.05) is 50.0 Å². The van der Waals surface area contributed by atoms with E-state index in [0.29, 0.717) is 28.6 Å². The van der Waals surface area contributed by atoms with Gasteiger partial charge in [-0.05, 0) is 43.1 Å². The minimum Gasteiger partial charge on any atom is -0.369 e. The monoisotopic (exact) mass is 527 g/mol. The van der Waals surface area contributed by atoms with Crippen LogP contribution in [0.25, 0.3) is 5.70 Å². The van der Waals surface area contributed by atoms with Crippen LogP contribution >= 0.6 is 0 Å². The number of benzene rings is 2. The fraction of sp³-hybridized carbons (Fsp3) is 0.467. The van der Waals surface area contributed by atoms with Crippen LogP contribution < -0.4 is 15.6 Å². The van der Waals surface area contributed by atoms with Gasteiger partial charge in [-0.25, -0.2) is 9.80 Å². The predicted molar refractivity (Wildman–Crippen MR) is 153 cm³/mol. The first-order valence-electron chi connectivity index (χ1n) is 14.2. The van der Waals surface area contributed by atoms with Gasteiger partial charge in [0.15, 0.2) is 5.78 Å². The fourth-order valence-corrected chi connectivity index (χ4v) is 6.33. The number of anilines is 2. The van der Waals surface area contributed by atoms with Gasteiger partial charge >= 0.3 is 6.03 Å². The Hall–Kier alpha value is -3.56. The zero-order chi connectivity index (χ0) is 26.9. The summed E-state index contributed by atoms with van der Waals surface area (Å²) in [6.45, 7) is 7.46. The molecule has 2 aromatic rings. The fourth-order valence-electron chi connectivity index (χ4n) is 6.33. The lowest BCUT2D eigenvalue weighted by Gasteiger charge is -2.35. The van der Waals surface area contributed by atoms with E-state index in [1.165, 1.54) is 24.9 Å². The number of amides is 2. The first kappa shape index (κ1) is 25.7. The van der Waals surface area contributed by atoms with Crippen LogP contribution in [0, 0.1) is 0 Å². The molecule has 0 spiro atoms. The minimum absolute atomic E-state index is 0.119. The van der Waals surface area contributed by atoms with E-state index in [-0.39, 0.29) is 11.8 Å². The van der Waals surface area contributed by atoms with E-state index in [1.807, 2.05) is 36.3 Å². The van der Waals surface area contributed by atoms with Crippen LogP contribution in [0.15, 0.2) is 58.3 Å². The third-order valence-electron chi connectivity index (χ3n) is 8.64. The van der Waals surface area contributed by atoms with E-state index in [0.717, 1.165) is 56.7 Å². The molecule has 0 bridgehead atoms. The normalized spacial score (nSPS) is 21.5. The highest BCUT2D eigenvalue weighted by molar-refractivity contribution is 6.22. The summed E-state index contributed by atoms with van der Waals surface area (Å²) in [4.78, 5) is 31.5. The SMILES string of the molecule is CCN1CCN(c2ccc(C3=C4C(=O)c5c(NC(=O)NN(C)C6CCCCC6)cccc5C4N=N3)cc2)CC1. The molecule has 2 heterocycles. The summed E-state index contributed by atoms with van der Waals surface area (Å²) in [6.07, 6.45) is 5.79. The van der Waals surface area contributed by atoms with Crippen molar-refractivity contribution in [1.29, 1.82) is 0 Å². The second-order valence-corrected chi connectivity index (χ2v) is 10.9. The van der Waals surface area contributed by atoms with Crippen LogP contribution in [-0.2, 0) is 0 Å². The molecular weight excluding hydrogens is 490 g/mol. The second kappa shape index (κ2) is 10.9. The van der Waals surface area contributed by atoms with Gasteiger partial charge in [0, 0.05) is 50.5 Å². The summed E-state index contributed by atoms with van der Waals surface area (Å²) in [5, 5.41) is 13.7. The Kier molecular flexibility index (Phi) is 7.18. The molecule has 4 aliphatic rings. The van der Waals surface area contributed by atoms with Crippen LogP contribution in [0.1, 0.15) is 66.6 Å². The molecule has 2 fully saturated rings. The molecule has 2 N–H and O–H groups in total. The molecule has 0 radical (unpaired) electrons. The number of hydrogen-bond acceptors (Lipinski definition) is 7. The van der Waals surface area contributed by atoms with E-state index in [2.05, 4.69) is 49.8 Å². The molecule has 2 aliphatic heterocycles. The van der Waals surface area contributed by atoms with E-state index in [4.69, 9.17) is 0 Å². The molecule has 9 nitrogen and oxygen atoms in total. The standard InChI is InChI=1S/C30H37N7O2/c1-3-36-16-18-37(19-17-36)22-14-12-20(13-15-22)27-26-28(33-32-27)23-10-7-11-24(25(23)29(26)38)31-30(39)34-35(2)21-8-5-4-6-9-21/h7,10-15,21,28H,3-6,8-9,16-19H2,1-2H3,(H2,31,34,39). The van der Waals surface area contributed by atoms with Gasteiger partial charge < -0.3 is 15.1 Å². The Morgan fingerprint density at radius 2 is 1.77 bits per heavy atom. The molecule has 2 amide bonds. The van der Waals surface area contributed by atoms with Crippen molar-refractivity contribution >= 4 is 28.9 Å². The highest BCUT2D eigenvalue weighted by Crippen LogP contribution is 2.49. The number of hydrogen-bond donors (Lipinski definition) is 2. The number of urea groups is 1. The highest BCUT2D eigenvalue weighted by Gasteiger charge is 2.42. The number of carbonyl (C=O) groups is 2. The van der Waals surface area contributed by atoms with Crippen molar-refractivity contribution in [2.24, 2.45) is 10.2 Å². The lowest BCUT2D eigenvalue weighted by molar-refractivity contribution is 0.103. The van der Waals surface area contributed by atoms with Crippen LogP contribution in [0.4, 0.5) is 16.2 Å². The van der Waals surface area contributed by atoms with Gasteiger partial charge in [-0.1, -0.05) is 50.5 Å². The molecule has 1 saturated carbocycles. The third-order valence-corrected chi connectivity index (χ3v) is 8.64. The van der Waals surface area contributed by atoms with Crippen molar-refractivity contribution in [2.45, 2.75) is 51.1 Å². The number of azo groups is 1. The Bertz CT molecular complexity index is 1310. The Balaban J connectivity index is 1.19. The molecular formula is C30H37N7O2.